The fraction of sp³-hybridized carbons (Fsp3) is 0.724. The van der Waals surface area contributed by atoms with Crippen LogP contribution in [0.5, 0.6) is 0 Å². The summed E-state index contributed by atoms with van der Waals surface area (Å²) in [4.78, 5) is 22.2. The number of hydrogen-bond donors (Lipinski definition) is 4. The SMILES string of the molecule is C=C1/C(=C/C=C2\CCC[C@]3(C)[C@@H]([C@H](C)CCCCNC(=O)CCC(=O)O)CC[C@@H]23)C[C@@H](O)C[C@@H]1O. The summed E-state index contributed by atoms with van der Waals surface area (Å²) in [6.45, 7) is 9.54. The van der Waals surface area contributed by atoms with Gasteiger partial charge >= 0.3 is 5.97 Å². The summed E-state index contributed by atoms with van der Waals surface area (Å²) in [7, 11) is 0. The Hall–Kier alpha value is -1.92. The smallest absolute Gasteiger partial charge is 0.303 e. The van der Waals surface area contributed by atoms with Crippen molar-refractivity contribution in [3.8, 4) is 0 Å². The molecule has 0 aromatic carbocycles. The number of unbranched alkanes of at least 4 members (excludes halogenated alkanes) is 1. The number of aliphatic carboxylic acids is 1. The second-order valence-corrected chi connectivity index (χ2v) is 11.4. The first-order valence-electron chi connectivity index (χ1n) is 13.5. The van der Waals surface area contributed by atoms with E-state index in [1.807, 2.05) is 0 Å². The minimum atomic E-state index is -0.938. The number of carbonyl (C=O) groups excluding carboxylic acids is 1. The maximum Gasteiger partial charge on any atom is 0.303 e. The van der Waals surface area contributed by atoms with E-state index in [1.54, 1.807) is 0 Å². The second kappa shape index (κ2) is 12.4. The molecule has 3 rings (SSSR count). The molecule has 3 saturated carbocycles. The van der Waals surface area contributed by atoms with Gasteiger partial charge in [0, 0.05) is 19.4 Å². The van der Waals surface area contributed by atoms with Crippen LogP contribution in [0.4, 0.5) is 0 Å². The number of carbonyl (C=O) groups is 2. The summed E-state index contributed by atoms with van der Waals surface area (Å²) in [5, 5.41) is 31.7. The van der Waals surface area contributed by atoms with Gasteiger partial charge in [-0.15, -0.1) is 0 Å². The second-order valence-electron chi connectivity index (χ2n) is 11.4. The van der Waals surface area contributed by atoms with Crippen molar-refractivity contribution in [1.82, 2.24) is 5.32 Å². The van der Waals surface area contributed by atoms with Crippen LogP contribution in [-0.4, -0.2) is 45.9 Å². The lowest BCUT2D eigenvalue weighted by molar-refractivity contribution is -0.138. The van der Waals surface area contributed by atoms with Crippen molar-refractivity contribution in [3.63, 3.8) is 0 Å². The normalized spacial score (nSPS) is 34.1. The fourth-order valence-electron chi connectivity index (χ4n) is 7.01. The summed E-state index contributed by atoms with van der Waals surface area (Å²) in [5.41, 5.74) is 3.57. The molecular weight excluding hydrogens is 442 g/mol. The van der Waals surface area contributed by atoms with Gasteiger partial charge in [0.1, 0.15) is 0 Å². The van der Waals surface area contributed by atoms with Crippen LogP contribution in [0.25, 0.3) is 0 Å². The van der Waals surface area contributed by atoms with Gasteiger partial charge < -0.3 is 20.6 Å². The van der Waals surface area contributed by atoms with Crippen LogP contribution in [0.2, 0.25) is 0 Å². The number of allylic oxidation sites excluding steroid dienone is 3. The molecule has 0 aliphatic heterocycles. The molecule has 1 amide bonds. The third kappa shape index (κ3) is 7.07. The molecule has 196 valence electrons. The Morgan fingerprint density at radius 1 is 1.20 bits per heavy atom. The first-order chi connectivity index (χ1) is 16.6. The zero-order valence-electron chi connectivity index (χ0n) is 21.6. The number of aliphatic hydroxyl groups is 2. The highest BCUT2D eigenvalue weighted by molar-refractivity contribution is 5.80. The molecule has 3 aliphatic rings. The van der Waals surface area contributed by atoms with E-state index in [0.717, 1.165) is 36.8 Å². The topological polar surface area (TPSA) is 107 Å². The van der Waals surface area contributed by atoms with Crippen LogP contribution in [0, 0.1) is 23.2 Å². The summed E-state index contributed by atoms with van der Waals surface area (Å²) < 4.78 is 0. The highest BCUT2D eigenvalue weighted by Crippen LogP contribution is 2.59. The number of aliphatic hydroxyl groups excluding tert-OH is 2. The number of amides is 1. The average molecular weight is 488 g/mol. The van der Waals surface area contributed by atoms with Crippen molar-refractivity contribution >= 4 is 11.9 Å². The Bertz CT molecular complexity index is 846. The summed E-state index contributed by atoms with van der Waals surface area (Å²) in [5.74, 6) is 0.813. The lowest BCUT2D eigenvalue weighted by Gasteiger charge is -2.44. The lowest BCUT2D eigenvalue weighted by Crippen LogP contribution is -2.36. The summed E-state index contributed by atoms with van der Waals surface area (Å²) in [6.07, 6.45) is 13.4. The molecule has 0 bridgehead atoms. The number of hydrogen-bond acceptors (Lipinski definition) is 4. The van der Waals surface area contributed by atoms with Gasteiger partial charge in [-0.25, -0.2) is 0 Å². The zero-order valence-corrected chi connectivity index (χ0v) is 21.6. The number of nitrogens with one attached hydrogen (secondary N) is 1. The van der Waals surface area contributed by atoms with Crippen LogP contribution < -0.4 is 5.32 Å². The van der Waals surface area contributed by atoms with Crippen molar-refractivity contribution in [2.24, 2.45) is 23.2 Å². The molecule has 0 saturated heterocycles. The van der Waals surface area contributed by atoms with Gasteiger partial charge in [0.15, 0.2) is 0 Å². The zero-order chi connectivity index (χ0) is 25.6. The summed E-state index contributed by atoms with van der Waals surface area (Å²) in [6, 6.07) is 0. The van der Waals surface area contributed by atoms with Gasteiger partial charge in [-0.1, -0.05) is 51.0 Å². The summed E-state index contributed by atoms with van der Waals surface area (Å²) >= 11 is 0. The molecule has 0 radical (unpaired) electrons. The maximum absolute atomic E-state index is 11.7. The van der Waals surface area contributed by atoms with Gasteiger partial charge in [0.25, 0.3) is 0 Å². The van der Waals surface area contributed by atoms with E-state index in [2.05, 4.69) is 37.9 Å². The van der Waals surface area contributed by atoms with Crippen LogP contribution >= 0.6 is 0 Å². The molecule has 6 heteroatoms. The fourth-order valence-corrected chi connectivity index (χ4v) is 7.01. The maximum atomic E-state index is 11.7. The monoisotopic (exact) mass is 487 g/mol. The molecule has 3 fully saturated rings. The average Bonchev–Trinajstić information content (AvgIpc) is 3.16. The van der Waals surface area contributed by atoms with Gasteiger partial charge in [0.2, 0.25) is 5.91 Å². The molecule has 4 N–H and O–H groups in total. The van der Waals surface area contributed by atoms with E-state index in [9.17, 15) is 19.8 Å². The quantitative estimate of drug-likeness (QED) is 0.327. The molecule has 0 aromatic rings. The third-order valence-electron chi connectivity index (χ3n) is 8.96. The van der Waals surface area contributed by atoms with Crippen LogP contribution in [0.1, 0.15) is 90.9 Å². The molecular formula is C29H45NO5. The predicted octanol–water partition coefficient (Wildman–Crippen LogP) is 4.91. The van der Waals surface area contributed by atoms with E-state index in [1.165, 1.54) is 31.3 Å². The molecule has 6 atom stereocenters. The Morgan fingerprint density at radius 2 is 1.97 bits per heavy atom. The Morgan fingerprint density at radius 3 is 2.71 bits per heavy atom. The Kier molecular flexibility index (Phi) is 9.77. The molecule has 0 heterocycles. The van der Waals surface area contributed by atoms with Crippen molar-refractivity contribution in [1.29, 1.82) is 0 Å². The van der Waals surface area contributed by atoms with Crippen molar-refractivity contribution in [2.75, 3.05) is 6.54 Å². The van der Waals surface area contributed by atoms with Gasteiger partial charge in [-0.3, -0.25) is 9.59 Å². The van der Waals surface area contributed by atoms with Crippen molar-refractivity contribution in [3.05, 3.63) is 35.5 Å². The number of carboxylic acids is 1. The standard InChI is InChI=1S/C29H45NO5/c1-19(7-4-5-16-30-27(33)13-14-28(34)35)24-11-12-25-21(8-6-15-29(24,25)3)9-10-22-17-23(31)18-26(32)20(22)2/h9-10,19,23-26,31-32H,2,4-8,11-18H2,1,3H3,(H,30,33)(H,34,35)/b21-9+,22-10+/t19-,23-,24-,25+,26+,29-/m1/s1. The lowest BCUT2D eigenvalue weighted by atomic mass is 9.60. The molecule has 0 spiro atoms. The van der Waals surface area contributed by atoms with E-state index in [4.69, 9.17) is 5.11 Å². The molecule has 0 unspecified atom stereocenters. The Balaban J connectivity index is 1.52. The van der Waals surface area contributed by atoms with E-state index < -0.39 is 18.2 Å². The third-order valence-corrected chi connectivity index (χ3v) is 8.96. The largest absolute Gasteiger partial charge is 0.481 e. The van der Waals surface area contributed by atoms with E-state index in [-0.39, 0.29) is 18.7 Å². The van der Waals surface area contributed by atoms with E-state index >= 15 is 0 Å². The van der Waals surface area contributed by atoms with Crippen LogP contribution in [-0.2, 0) is 9.59 Å². The van der Waals surface area contributed by atoms with Crippen LogP contribution in [0.15, 0.2) is 35.5 Å². The minimum absolute atomic E-state index is 0.0510. The van der Waals surface area contributed by atoms with Crippen LogP contribution in [0.3, 0.4) is 0 Å². The molecule has 6 nitrogen and oxygen atoms in total. The van der Waals surface area contributed by atoms with E-state index in [0.29, 0.717) is 42.6 Å². The van der Waals surface area contributed by atoms with Gasteiger partial charge in [-0.2, -0.15) is 0 Å². The van der Waals surface area contributed by atoms with Crippen molar-refractivity contribution in [2.45, 2.75) is 103 Å². The predicted molar refractivity (Wildman–Crippen MR) is 138 cm³/mol. The van der Waals surface area contributed by atoms with Crippen molar-refractivity contribution < 1.29 is 24.9 Å². The Labute approximate surface area is 210 Å². The molecule has 3 aliphatic carbocycles. The molecule has 0 aromatic heterocycles. The highest BCUT2D eigenvalue weighted by Gasteiger charge is 2.50. The first-order valence-corrected chi connectivity index (χ1v) is 13.5. The minimum Gasteiger partial charge on any atom is -0.481 e. The highest BCUT2D eigenvalue weighted by atomic mass is 16.4. The first kappa shape index (κ1) is 27.7. The van der Waals surface area contributed by atoms with Gasteiger partial charge in [-0.05, 0) is 79.3 Å². The number of rotatable bonds is 10. The number of carboxylic acid groups (broad SMARTS) is 1. The number of fused-ring (bicyclic) bond motifs is 1. The van der Waals surface area contributed by atoms with Gasteiger partial charge in [0.05, 0.1) is 18.6 Å². The molecule has 35 heavy (non-hydrogen) atoms.